The summed E-state index contributed by atoms with van der Waals surface area (Å²) in [6, 6.07) is 6.29. The molecule has 0 spiro atoms. The van der Waals surface area contributed by atoms with Crippen molar-refractivity contribution in [1.82, 2.24) is 10.3 Å². The molecule has 2 unspecified atom stereocenters. The van der Waals surface area contributed by atoms with E-state index in [0.717, 1.165) is 0 Å². The van der Waals surface area contributed by atoms with Crippen molar-refractivity contribution in [1.29, 1.82) is 0 Å². The second-order valence-electron chi connectivity index (χ2n) is 6.88. The van der Waals surface area contributed by atoms with Crippen molar-refractivity contribution in [2.24, 2.45) is 0 Å². The minimum Gasteiger partial charge on any atom is -0.444 e. The van der Waals surface area contributed by atoms with Crippen LogP contribution in [0.1, 0.15) is 38.9 Å². The van der Waals surface area contributed by atoms with Gasteiger partial charge in [-0.15, -0.1) is 0 Å². The van der Waals surface area contributed by atoms with Crippen LogP contribution in [0.4, 0.5) is 4.79 Å². The van der Waals surface area contributed by atoms with Gasteiger partial charge in [-0.3, -0.25) is 4.79 Å². The van der Waals surface area contributed by atoms with E-state index < -0.39 is 23.9 Å². The smallest absolute Gasteiger partial charge is 0.407 e. The van der Waals surface area contributed by atoms with E-state index in [4.69, 9.17) is 4.74 Å². The number of aliphatic hydroxyl groups excluding tert-OH is 2. The molecule has 0 aliphatic carbocycles. The highest BCUT2D eigenvalue weighted by Gasteiger charge is 2.20. The number of aromatic amines is 1. The number of hydrogen-bond acceptors (Lipinski definition) is 5. The molecule has 1 heterocycles. The van der Waals surface area contributed by atoms with Crippen molar-refractivity contribution in [2.45, 2.75) is 45.0 Å². The van der Waals surface area contributed by atoms with E-state index in [-0.39, 0.29) is 18.4 Å². The lowest BCUT2D eigenvalue weighted by Gasteiger charge is -2.21. The molecule has 0 fully saturated rings. The van der Waals surface area contributed by atoms with Gasteiger partial charge in [0.1, 0.15) is 11.7 Å². The lowest BCUT2D eigenvalue weighted by atomic mass is 10.00. The van der Waals surface area contributed by atoms with E-state index in [2.05, 4.69) is 10.3 Å². The molecule has 0 aliphatic rings. The van der Waals surface area contributed by atoms with E-state index in [9.17, 15) is 19.8 Å². The van der Waals surface area contributed by atoms with Gasteiger partial charge >= 0.3 is 6.09 Å². The summed E-state index contributed by atoms with van der Waals surface area (Å²) >= 11 is 0. The van der Waals surface area contributed by atoms with Gasteiger partial charge in [0.2, 0.25) is 0 Å². The van der Waals surface area contributed by atoms with Crippen LogP contribution in [0.5, 0.6) is 0 Å². The molecule has 1 aromatic heterocycles. The highest BCUT2D eigenvalue weighted by molar-refractivity contribution is 5.78. The van der Waals surface area contributed by atoms with Crippen LogP contribution in [0.15, 0.2) is 35.3 Å². The summed E-state index contributed by atoms with van der Waals surface area (Å²) in [5, 5.41) is 23.4. The molecule has 136 valence electrons. The third kappa shape index (κ3) is 5.30. The van der Waals surface area contributed by atoms with Gasteiger partial charge in [-0.1, -0.05) is 6.07 Å². The number of aromatic nitrogens is 1. The Bertz CT molecular complexity index is 794. The topological polar surface area (TPSA) is 112 Å². The number of alkyl carbamates (subject to hydrolysis) is 1. The molecule has 7 nitrogen and oxygen atoms in total. The largest absolute Gasteiger partial charge is 0.444 e. The van der Waals surface area contributed by atoms with Crippen LogP contribution in [0.3, 0.4) is 0 Å². The molecule has 0 radical (unpaired) electrons. The number of carbonyl (C=O) groups is 1. The molecule has 0 bridgehead atoms. The first-order chi connectivity index (χ1) is 11.7. The summed E-state index contributed by atoms with van der Waals surface area (Å²) in [7, 11) is 0. The average Bonchev–Trinajstić information content (AvgIpc) is 2.52. The van der Waals surface area contributed by atoms with E-state index in [1.54, 1.807) is 45.2 Å². The molecule has 0 saturated heterocycles. The quantitative estimate of drug-likeness (QED) is 0.659. The third-order valence-electron chi connectivity index (χ3n) is 3.60. The van der Waals surface area contributed by atoms with Gasteiger partial charge in [-0.05, 0) is 44.9 Å². The Morgan fingerprint density at radius 1 is 1.28 bits per heavy atom. The summed E-state index contributed by atoms with van der Waals surface area (Å²) in [5.74, 6) is 0. The van der Waals surface area contributed by atoms with E-state index >= 15 is 0 Å². The highest BCUT2D eigenvalue weighted by atomic mass is 16.6. The van der Waals surface area contributed by atoms with Crippen molar-refractivity contribution in [2.75, 3.05) is 6.54 Å². The molecule has 4 N–H and O–H groups in total. The van der Waals surface area contributed by atoms with Gasteiger partial charge in [0.05, 0.1) is 6.10 Å². The Kier molecular flexibility index (Phi) is 5.81. The molecule has 2 atom stereocenters. The molecule has 1 amide bonds. The summed E-state index contributed by atoms with van der Waals surface area (Å²) in [4.78, 5) is 26.4. The summed E-state index contributed by atoms with van der Waals surface area (Å²) in [6.07, 6.45) is -1.13. The van der Waals surface area contributed by atoms with E-state index in [1.165, 1.54) is 6.07 Å². The second kappa shape index (κ2) is 7.67. The number of hydrogen-bond donors (Lipinski definition) is 4. The monoisotopic (exact) mass is 348 g/mol. The van der Waals surface area contributed by atoms with Crippen molar-refractivity contribution in [3.8, 4) is 0 Å². The molecule has 7 heteroatoms. The number of aliphatic hydroxyl groups is 2. The van der Waals surface area contributed by atoms with Crippen molar-refractivity contribution in [3.05, 3.63) is 46.2 Å². The molecular weight excluding hydrogens is 324 g/mol. The molecule has 0 aliphatic heterocycles. The number of H-pyrrole nitrogens is 1. The fraction of sp³-hybridized carbons (Fsp3) is 0.444. The number of pyridine rings is 1. The van der Waals surface area contributed by atoms with Crippen LogP contribution in [0.25, 0.3) is 10.9 Å². The first-order valence-electron chi connectivity index (χ1n) is 8.12. The van der Waals surface area contributed by atoms with Gasteiger partial charge in [0.15, 0.2) is 5.43 Å². The first kappa shape index (κ1) is 19.0. The second-order valence-corrected chi connectivity index (χ2v) is 6.88. The lowest BCUT2D eigenvalue weighted by molar-refractivity contribution is 0.0124. The minimum atomic E-state index is -1.16. The van der Waals surface area contributed by atoms with Crippen LogP contribution in [0, 0.1) is 0 Å². The summed E-state index contributed by atoms with van der Waals surface area (Å²) in [6.45, 7) is 5.42. The normalized spacial score (nSPS) is 14.1. The SMILES string of the molecule is CC(C)(C)OC(=O)NCCC(O)C(O)c1ccc2[nH]ccc(=O)c2c1. The number of carbonyl (C=O) groups excluding carboxylic acids is 1. The van der Waals surface area contributed by atoms with E-state index in [0.29, 0.717) is 16.5 Å². The van der Waals surface area contributed by atoms with Crippen molar-refractivity contribution >= 4 is 17.0 Å². The Morgan fingerprint density at radius 2 is 2.00 bits per heavy atom. The first-order valence-corrected chi connectivity index (χ1v) is 8.12. The fourth-order valence-corrected chi connectivity index (χ4v) is 2.39. The highest BCUT2D eigenvalue weighted by Crippen LogP contribution is 2.21. The molecular formula is C18H24N2O5. The maximum Gasteiger partial charge on any atom is 0.407 e. The molecule has 25 heavy (non-hydrogen) atoms. The zero-order valence-electron chi connectivity index (χ0n) is 14.6. The predicted octanol–water partition coefficient (Wildman–Crippen LogP) is 1.84. The van der Waals surface area contributed by atoms with Crippen LogP contribution < -0.4 is 10.7 Å². The van der Waals surface area contributed by atoms with Crippen LogP contribution >= 0.6 is 0 Å². The lowest BCUT2D eigenvalue weighted by Crippen LogP contribution is -2.34. The van der Waals surface area contributed by atoms with Crippen LogP contribution in [-0.2, 0) is 4.74 Å². The van der Waals surface area contributed by atoms with Gasteiger partial charge < -0.3 is 25.3 Å². The molecule has 2 aromatic rings. The van der Waals surface area contributed by atoms with Crippen molar-refractivity contribution in [3.63, 3.8) is 0 Å². The molecule has 0 saturated carbocycles. The van der Waals surface area contributed by atoms with Crippen molar-refractivity contribution < 1.29 is 19.7 Å². The molecule has 1 aromatic carbocycles. The Balaban J connectivity index is 1.96. The predicted molar refractivity (Wildman–Crippen MR) is 94.4 cm³/mol. The maximum absolute atomic E-state index is 11.9. The summed E-state index contributed by atoms with van der Waals surface area (Å²) < 4.78 is 5.09. The van der Waals surface area contributed by atoms with Gasteiger partial charge in [0.25, 0.3) is 0 Å². The Labute approximate surface area is 145 Å². The minimum absolute atomic E-state index is 0.142. The number of ether oxygens (including phenoxy) is 1. The number of nitrogens with one attached hydrogen (secondary N) is 2. The Morgan fingerprint density at radius 3 is 2.68 bits per heavy atom. The number of fused-ring (bicyclic) bond motifs is 1. The number of amides is 1. The third-order valence-corrected chi connectivity index (χ3v) is 3.60. The zero-order chi connectivity index (χ0) is 18.6. The fourth-order valence-electron chi connectivity index (χ4n) is 2.39. The standard InChI is InChI=1S/C18H24N2O5/c1-18(2,3)25-17(24)20-9-7-15(22)16(23)11-4-5-13-12(10-11)14(21)6-8-19-13/h4-6,8,10,15-16,22-23H,7,9H2,1-3H3,(H,19,21)(H,20,24). The average molecular weight is 348 g/mol. The molecule has 2 rings (SSSR count). The zero-order valence-corrected chi connectivity index (χ0v) is 14.6. The summed E-state index contributed by atoms with van der Waals surface area (Å²) in [5.41, 5.74) is 0.336. The van der Waals surface area contributed by atoms with Gasteiger partial charge in [-0.25, -0.2) is 4.79 Å². The van der Waals surface area contributed by atoms with E-state index in [1.807, 2.05) is 0 Å². The maximum atomic E-state index is 11.9. The Hall–Kier alpha value is -2.38. The van der Waals surface area contributed by atoms with Gasteiger partial charge in [0, 0.05) is 29.7 Å². The van der Waals surface area contributed by atoms with Crippen LogP contribution in [0.2, 0.25) is 0 Å². The van der Waals surface area contributed by atoms with Crippen LogP contribution in [-0.4, -0.2) is 39.5 Å². The number of benzene rings is 1. The number of rotatable bonds is 5. The van der Waals surface area contributed by atoms with Gasteiger partial charge in [-0.2, -0.15) is 0 Å².